The molecular formula is C11H12ClFN2O3. The van der Waals surface area contributed by atoms with Gasteiger partial charge in [-0.3, -0.25) is 10.1 Å². The monoisotopic (exact) mass is 274 g/mol. The molecule has 0 bridgehead atoms. The van der Waals surface area contributed by atoms with E-state index in [1.807, 2.05) is 6.92 Å². The van der Waals surface area contributed by atoms with Gasteiger partial charge < -0.3 is 10.1 Å². The molecule has 0 saturated carbocycles. The predicted octanol–water partition coefficient (Wildman–Crippen LogP) is 2.98. The molecule has 1 aromatic rings. The van der Waals surface area contributed by atoms with Crippen LogP contribution in [0.15, 0.2) is 12.1 Å². The largest absolute Gasteiger partial charge is 0.379 e. The number of nitrogens with one attached hydrogen (secondary N) is 1. The second-order valence-electron chi connectivity index (χ2n) is 4.53. The van der Waals surface area contributed by atoms with Crippen LogP contribution in [0.2, 0.25) is 5.02 Å². The lowest BCUT2D eigenvalue weighted by Crippen LogP contribution is -2.35. The maximum absolute atomic E-state index is 13.2. The molecule has 1 aromatic carbocycles. The first-order chi connectivity index (χ1) is 8.41. The lowest BCUT2D eigenvalue weighted by molar-refractivity contribution is -0.384. The normalized spacial score (nSPS) is 23.1. The Morgan fingerprint density at radius 2 is 2.33 bits per heavy atom. The van der Waals surface area contributed by atoms with Crippen molar-refractivity contribution in [3.8, 4) is 0 Å². The third kappa shape index (κ3) is 2.54. The lowest BCUT2D eigenvalue weighted by atomic mass is 10.0. The molecule has 1 aliphatic heterocycles. The number of nitro benzene ring substituents is 1. The van der Waals surface area contributed by atoms with Crippen molar-refractivity contribution in [2.75, 3.05) is 18.5 Å². The number of nitro groups is 1. The minimum atomic E-state index is -0.804. The third-order valence-electron chi connectivity index (χ3n) is 2.89. The fourth-order valence-electron chi connectivity index (χ4n) is 1.88. The fraction of sp³-hybridized carbons (Fsp3) is 0.455. The van der Waals surface area contributed by atoms with Crippen molar-refractivity contribution in [3.05, 3.63) is 33.1 Å². The summed E-state index contributed by atoms with van der Waals surface area (Å²) in [7, 11) is 0. The molecule has 0 amide bonds. The summed E-state index contributed by atoms with van der Waals surface area (Å²) in [4.78, 5) is 10.2. The Kier molecular flexibility index (Phi) is 3.41. The van der Waals surface area contributed by atoms with Crippen molar-refractivity contribution in [3.63, 3.8) is 0 Å². The van der Waals surface area contributed by atoms with E-state index in [2.05, 4.69) is 5.32 Å². The van der Waals surface area contributed by atoms with E-state index in [-0.39, 0.29) is 16.4 Å². The molecule has 1 N–H and O–H groups in total. The van der Waals surface area contributed by atoms with Crippen molar-refractivity contribution in [2.45, 2.75) is 18.9 Å². The van der Waals surface area contributed by atoms with Gasteiger partial charge in [-0.05, 0) is 19.4 Å². The molecule has 18 heavy (non-hydrogen) atoms. The Labute approximate surface area is 108 Å². The molecule has 1 unspecified atom stereocenters. The summed E-state index contributed by atoms with van der Waals surface area (Å²) in [6.45, 7) is 2.92. The SMILES string of the molecule is CC1(Nc2cc(Cl)c(F)cc2[N+](=O)[O-])CCOC1. The van der Waals surface area contributed by atoms with Crippen molar-refractivity contribution in [2.24, 2.45) is 0 Å². The van der Waals surface area contributed by atoms with Gasteiger partial charge in [0.05, 0.1) is 28.2 Å². The van der Waals surface area contributed by atoms with Crippen LogP contribution in [0.3, 0.4) is 0 Å². The Morgan fingerprint density at radius 1 is 1.61 bits per heavy atom. The van der Waals surface area contributed by atoms with E-state index in [4.69, 9.17) is 16.3 Å². The first-order valence-electron chi connectivity index (χ1n) is 5.41. The maximum atomic E-state index is 13.2. The zero-order valence-electron chi connectivity index (χ0n) is 9.70. The van der Waals surface area contributed by atoms with Gasteiger partial charge in [-0.2, -0.15) is 0 Å². The summed E-state index contributed by atoms with van der Waals surface area (Å²) >= 11 is 5.65. The van der Waals surface area contributed by atoms with E-state index in [1.54, 1.807) is 0 Å². The number of ether oxygens (including phenoxy) is 1. The Balaban J connectivity index is 2.36. The standard InChI is InChI=1S/C11H12ClFN2O3/c1-11(2-3-18-6-11)14-9-4-7(12)8(13)5-10(9)15(16)17/h4-5,14H,2-3,6H2,1H3. The van der Waals surface area contributed by atoms with Gasteiger partial charge in [0, 0.05) is 6.61 Å². The lowest BCUT2D eigenvalue weighted by Gasteiger charge is -2.24. The van der Waals surface area contributed by atoms with Crippen molar-refractivity contribution < 1.29 is 14.1 Å². The van der Waals surface area contributed by atoms with E-state index >= 15 is 0 Å². The maximum Gasteiger partial charge on any atom is 0.295 e. The van der Waals surface area contributed by atoms with Crippen LogP contribution in [-0.2, 0) is 4.74 Å². The van der Waals surface area contributed by atoms with E-state index in [1.165, 1.54) is 6.07 Å². The summed E-state index contributed by atoms with van der Waals surface area (Å²) in [6, 6.07) is 2.06. The van der Waals surface area contributed by atoms with Gasteiger partial charge in [0.2, 0.25) is 0 Å². The zero-order valence-corrected chi connectivity index (χ0v) is 10.5. The Bertz CT molecular complexity index is 489. The van der Waals surface area contributed by atoms with Crippen LogP contribution in [0.5, 0.6) is 0 Å². The smallest absolute Gasteiger partial charge is 0.295 e. The van der Waals surface area contributed by atoms with E-state index in [9.17, 15) is 14.5 Å². The second-order valence-corrected chi connectivity index (χ2v) is 4.94. The number of anilines is 1. The quantitative estimate of drug-likeness (QED) is 0.680. The highest BCUT2D eigenvalue weighted by molar-refractivity contribution is 6.31. The molecule has 2 rings (SSSR count). The summed E-state index contributed by atoms with van der Waals surface area (Å²) in [5.74, 6) is -0.804. The molecule has 1 atom stereocenters. The third-order valence-corrected chi connectivity index (χ3v) is 3.18. The van der Waals surface area contributed by atoms with Crippen molar-refractivity contribution in [1.82, 2.24) is 0 Å². The average molecular weight is 275 g/mol. The van der Waals surface area contributed by atoms with Crippen LogP contribution in [0.25, 0.3) is 0 Å². The Hall–Kier alpha value is -1.40. The number of rotatable bonds is 3. The topological polar surface area (TPSA) is 64.4 Å². The second kappa shape index (κ2) is 4.70. The predicted molar refractivity (Wildman–Crippen MR) is 65.5 cm³/mol. The highest BCUT2D eigenvalue weighted by atomic mass is 35.5. The summed E-state index contributed by atoms with van der Waals surface area (Å²) < 4.78 is 18.5. The molecular weight excluding hydrogens is 263 g/mol. The molecule has 1 heterocycles. The summed E-state index contributed by atoms with van der Waals surface area (Å²) in [5, 5.41) is 13.8. The van der Waals surface area contributed by atoms with Gasteiger partial charge in [0.1, 0.15) is 11.5 Å². The van der Waals surface area contributed by atoms with Crippen molar-refractivity contribution >= 4 is 23.0 Å². The first kappa shape index (κ1) is 13.0. The van der Waals surface area contributed by atoms with Crippen LogP contribution in [-0.4, -0.2) is 23.7 Å². The zero-order chi connectivity index (χ0) is 13.3. The van der Waals surface area contributed by atoms with Gasteiger partial charge >= 0.3 is 0 Å². The van der Waals surface area contributed by atoms with Gasteiger partial charge in [0.15, 0.2) is 0 Å². The van der Waals surface area contributed by atoms with Crippen LogP contribution in [0, 0.1) is 15.9 Å². The number of hydrogen-bond donors (Lipinski definition) is 1. The van der Waals surface area contributed by atoms with Crippen LogP contribution >= 0.6 is 11.6 Å². The fourth-order valence-corrected chi connectivity index (χ4v) is 2.04. The summed E-state index contributed by atoms with van der Waals surface area (Å²) in [6.07, 6.45) is 0.721. The van der Waals surface area contributed by atoms with Gasteiger partial charge in [-0.1, -0.05) is 11.6 Å². The molecule has 1 fully saturated rings. The van der Waals surface area contributed by atoms with E-state index in [0.29, 0.717) is 13.2 Å². The minimum Gasteiger partial charge on any atom is -0.379 e. The van der Waals surface area contributed by atoms with E-state index in [0.717, 1.165) is 12.5 Å². The van der Waals surface area contributed by atoms with Gasteiger partial charge in [-0.15, -0.1) is 0 Å². The Morgan fingerprint density at radius 3 is 2.89 bits per heavy atom. The minimum absolute atomic E-state index is 0.148. The molecule has 0 spiro atoms. The van der Waals surface area contributed by atoms with Crippen LogP contribution < -0.4 is 5.32 Å². The molecule has 1 saturated heterocycles. The first-order valence-corrected chi connectivity index (χ1v) is 5.78. The molecule has 5 nitrogen and oxygen atoms in total. The number of nitrogens with zero attached hydrogens (tertiary/aromatic N) is 1. The van der Waals surface area contributed by atoms with Crippen molar-refractivity contribution in [1.29, 1.82) is 0 Å². The number of hydrogen-bond acceptors (Lipinski definition) is 4. The molecule has 0 aromatic heterocycles. The molecule has 1 aliphatic rings. The van der Waals surface area contributed by atoms with Gasteiger partial charge in [-0.25, -0.2) is 4.39 Å². The summed E-state index contributed by atoms with van der Waals surface area (Å²) in [5.41, 5.74) is -0.518. The highest BCUT2D eigenvalue weighted by Gasteiger charge is 2.32. The number of halogens is 2. The average Bonchev–Trinajstić information content (AvgIpc) is 2.69. The van der Waals surface area contributed by atoms with E-state index < -0.39 is 16.3 Å². The van der Waals surface area contributed by atoms with Crippen LogP contribution in [0.1, 0.15) is 13.3 Å². The van der Waals surface area contributed by atoms with Crippen LogP contribution in [0.4, 0.5) is 15.8 Å². The number of benzene rings is 1. The molecule has 0 radical (unpaired) electrons. The molecule has 7 heteroatoms. The van der Waals surface area contributed by atoms with Gasteiger partial charge in [0.25, 0.3) is 5.69 Å². The highest BCUT2D eigenvalue weighted by Crippen LogP contribution is 2.34. The molecule has 0 aliphatic carbocycles. The molecule has 98 valence electrons.